The molecule has 0 bridgehead atoms. The number of hydrogen-bond acceptors (Lipinski definition) is 3. The Kier molecular flexibility index (Phi) is 3.65. The highest BCUT2D eigenvalue weighted by Gasteiger charge is 2.21. The zero-order chi connectivity index (χ0) is 13.1. The highest BCUT2D eigenvalue weighted by Crippen LogP contribution is 2.27. The van der Waals surface area contributed by atoms with Crippen LogP contribution in [-0.2, 0) is 6.42 Å². The summed E-state index contributed by atoms with van der Waals surface area (Å²) < 4.78 is 0. The Morgan fingerprint density at radius 1 is 1.26 bits per heavy atom. The van der Waals surface area contributed by atoms with Crippen molar-refractivity contribution in [2.75, 3.05) is 0 Å². The molecule has 1 aromatic carbocycles. The van der Waals surface area contributed by atoms with E-state index in [4.69, 9.17) is 0 Å². The summed E-state index contributed by atoms with van der Waals surface area (Å²) in [6.45, 7) is 2.21. The van der Waals surface area contributed by atoms with Crippen molar-refractivity contribution in [3.05, 3.63) is 57.8 Å². The van der Waals surface area contributed by atoms with E-state index < -0.39 is 0 Å². The van der Waals surface area contributed by atoms with Gasteiger partial charge in [-0.15, -0.1) is 11.3 Å². The van der Waals surface area contributed by atoms with Crippen molar-refractivity contribution in [2.45, 2.75) is 32.2 Å². The van der Waals surface area contributed by atoms with Gasteiger partial charge >= 0.3 is 0 Å². The second-order valence-electron chi connectivity index (χ2n) is 4.91. The summed E-state index contributed by atoms with van der Waals surface area (Å²) in [7, 11) is 0. The molecule has 1 N–H and O–H groups in total. The second kappa shape index (κ2) is 5.57. The predicted octanol–water partition coefficient (Wildman–Crippen LogP) is 4.14. The van der Waals surface area contributed by atoms with Gasteiger partial charge in [-0.05, 0) is 29.0 Å². The van der Waals surface area contributed by atoms with Gasteiger partial charge in [-0.3, -0.25) is 0 Å². The van der Waals surface area contributed by atoms with E-state index in [1.807, 2.05) is 0 Å². The van der Waals surface area contributed by atoms with E-state index in [0.717, 1.165) is 12.8 Å². The van der Waals surface area contributed by atoms with E-state index in [-0.39, 0.29) is 0 Å². The fourth-order valence-electron chi connectivity index (χ4n) is 2.43. The van der Waals surface area contributed by atoms with Gasteiger partial charge in [0.1, 0.15) is 0 Å². The van der Waals surface area contributed by atoms with Gasteiger partial charge in [0.2, 0.25) is 0 Å². The van der Waals surface area contributed by atoms with Gasteiger partial charge < -0.3 is 5.43 Å². The minimum Gasteiger partial charge on any atom is -0.301 e. The van der Waals surface area contributed by atoms with Crippen LogP contribution in [0.2, 0.25) is 0 Å². The first-order valence-electron chi connectivity index (χ1n) is 6.81. The van der Waals surface area contributed by atoms with Crippen molar-refractivity contribution in [1.82, 2.24) is 5.43 Å². The average Bonchev–Trinajstić information content (AvgIpc) is 3.11. The van der Waals surface area contributed by atoms with Crippen LogP contribution < -0.4 is 5.43 Å². The molecule has 0 amide bonds. The Bertz CT molecular complexity index is 555. The second-order valence-corrected chi connectivity index (χ2v) is 5.89. The van der Waals surface area contributed by atoms with E-state index in [9.17, 15) is 0 Å². The molecule has 0 saturated heterocycles. The molecular weight excluding hydrogens is 252 g/mol. The predicted molar refractivity (Wildman–Crippen MR) is 81.8 cm³/mol. The molecule has 1 aliphatic heterocycles. The highest BCUT2D eigenvalue weighted by molar-refractivity contribution is 7.10. The Labute approximate surface area is 118 Å². The largest absolute Gasteiger partial charge is 0.301 e. The smallest absolute Gasteiger partial charge is 0.0838 e. The monoisotopic (exact) mass is 270 g/mol. The molecule has 2 heterocycles. The molecule has 98 valence electrons. The molecule has 0 fully saturated rings. The van der Waals surface area contributed by atoms with Crippen LogP contribution in [0.3, 0.4) is 0 Å². The van der Waals surface area contributed by atoms with Crippen molar-refractivity contribution in [3.63, 3.8) is 0 Å². The third-order valence-electron chi connectivity index (χ3n) is 3.47. The Morgan fingerprint density at radius 2 is 2.11 bits per heavy atom. The summed E-state index contributed by atoms with van der Waals surface area (Å²) in [5, 5.41) is 6.61. The summed E-state index contributed by atoms with van der Waals surface area (Å²) in [6, 6.07) is 13.5. The lowest BCUT2D eigenvalue weighted by Crippen LogP contribution is -2.07. The molecular formula is C16H18N2S. The van der Waals surface area contributed by atoms with Crippen molar-refractivity contribution < 1.29 is 0 Å². The van der Waals surface area contributed by atoms with Crippen LogP contribution in [0.5, 0.6) is 0 Å². The summed E-state index contributed by atoms with van der Waals surface area (Å²) >= 11 is 1.79. The first-order chi connectivity index (χ1) is 9.36. The minimum absolute atomic E-state index is 0.352. The fourth-order valence-corrected chi connectivity index (χ4v) is 3.20. The van der Waals surface area contributed by atoms with Gasteiger partial charge in [0.05, 0.1) is 11.8 Å². The molecule has 1 aliphatic rings. The molecule has 3 rings (SSSR count). The zero-order valence-corrected chi connectivity index (χ0v) is 11.9. The van der Waals surface area contributed by atoms with E-state index in [1.165, 1.54) is 28.1 Å². The van der Waals surface area contributed by atoms with E-state index in [1.54, 1.807) is 11.3 Å². The van der Waals surface area contributed by atoms with Crippen LogP contribution in [0.25, 0.3) is 0 Å². The lowest BCUT2D eigenvalue weighted by Gasteiger charge is -2.06. The molecule has 0 spiro atoms. The average molecular weight is 270 g/mol. The van der Waals surface area contributed by atoms with Gasteiger partial charge in [0.15, 0.2) is 0 Å². The lowest BCUT2D eigenvalue weighted by atomic mass is 10.0. The van der Waals surface area contributed by atoms with Crippen molar-refractivity contribution >= 4 is 17.0 Å². The number of rotatable bonds is 4. The maximum absolute atomic E-state index is 4.49. The van der Waals surface area contributed by atoms with Crippen molar-refractivity contribution in [3.8, 4) is 0 Å². The van der Waals surface area contributed by atoms with Crippen LogP contribution in [-0.4, -0.2) is 5.71 Å². The SMILES string of the molecule is CCCc1ccc(C2=NNC(c3cccs3)C2)cc1. The van der Waals surface area contributed by atoms with Crippen molar-refractivity contribution in [1.29, 1.82) is 0 Å². The molecule has 0 saturated carbocycles. The topological polar surface area (TPSA) is 24.4 Å². The number of nitrogens with one attached hydrogen (secondary N) is 1. The molecule has 2 nitrogen and oxygen atoms in total. The molecule has 19 heavy (non-hydrogen) atoms. The quantitative estimate of drug-likeness (QED) is 0.887. The molecule has 0 radical (unpaired) electrons. The van der Waals surface area contributed by atoms with Crippen LogP contribution in [0.4, 0.5) is 0 Å². The molecule has 2 aromatic rings. The fraction of sp³-hybridized carbons (Fsp3) is 0.312. The van der Waals surface area contributed by atoms with E-state index >= 15 is 0 Å². The van der Waals surface area contributed by atoms with E-state index in [2.05, 4.69) is 59.2 Å². The number of thiophene rings is 1. The standard InChI is InChI=1S/C16H18N2S/c1-2-4-12-6-8-13(9-7-12)14-11-15(18-17-14)16-5-3-10-19-16/h3,5-10,15,18H,2,4,11H2,1H3. The van der Waals surface area contributed by atoms with Gasteiger partial charge in [0.25, 0.3) is 0 Å². The molecule has 1 aromatic heterocycles. The van der Waals surface area contributed by atoms with E-state index in [0.29, 0.717) is 6.04 Å². The van der Waals surface area contributed by atoms with Gasteiger partial charge in [-0.2, -0.15) is 5.10 Å². The van der Waals surface area contributed by atoms with Gasteiger partial charge in [-0.25, -0.2) is 0 Å². The highest BCUT2D eigenvalue weighted by atomic mass is 32.1. The number of benzene rings is 1. The third-order valence-corrected chi connectivity index (χ3v) is 4.45. The number of hydrogen-bond donors (Lipinski definition) is 1. The molecule has 1 atom stereocenters. The normalized spacial score (nSPS) is 18.2. The van der Waals surface area contributed by atoms with Crippen LogP contribution in [0, 0.1) is 0 Å². The minimum atomic E-state index is 0.352. The Morgan fingerprint density at radius 3 is 2.79 bits per heavy atom. The zero-order valence-electron chi connectivity index (χ0n) is 11.1. The van der Waals surface area contributed by atoms with Gasteiger partial charge in [0, 0.05) is 11.3 Å². The lowest BCUT2D eigenvalue weighted by molar-refractivity contribution is 0.630. The number of hydrazone groups is 1. The molecule has 3 heteroatoms. The maximum Gasteiger partial charge on any atom is 0.0838 e. The number of nitrogens with zero attached hydrogens (tertiary/aromatic N) is 1. The number of aryl methyl sites for hydroxylation is 1. The summed E-state index contributed by atoms with van der Waals surface area (Å²) in [5.74, 6) is 0. The Hall–Kier alpha value is -1.61. The summed E-state index contributed by atoms with van der Waals surface area (Å²) in [5.41, 5.74) is 7.07. The van der Waals surface area contributed by atoms with Crippen molar-refractivity contribution in [2.24, 2.45) is 5.10 Å². The van der Waals surface area contributed by atoms with Crippen LogP contribution >= 0.6 is 11.3 Å². The summed E-state index contributed by atoms with van der Waals surface area (Å²) in [6.07, 6.45) is 3.33. The first kappa shape index (κ1) is 12.4. The Balaban J connectivity index is 1.70. The third kappa shape index (κ3) is 2.71. The molecule has 0 aliphatic carbocycles. The summed E-state index contributed by atoms with van der Waals surface area (Å²) in [4.78, 5) is 1.36. The maximum atomic E-state index is 4.49. The first-order valence-corrected chi connectivity index (χ1v) is 7.69. The van der Waals surface area contributed by atoms with Crippen LogP contribution in [0.1, 0.15) is 41.8 Å². The van der Waals surface area contributed by atoms with Gasteiger partial charge in [-0.1, -0.05) is 43.7 Å². The van der Waals surface area contributed by atoms with Crippen LogP contribution in [0.15, 0.2) is 46.9 Å². The molecule has 1 unspecified atom stereocenters.